The minimum absolute atomic E-state index is 0.102. The highest BCUT2D eigenvalue weighted by atomic mass is 31.2. The van der Waals surface area contributed by atoms with Crippen molar-refractivity contribution >= 4 is 19.8 Å². The summed E-state index contributed by atoms with van der Waals surface area (Å²) in [6, 6.07) is 0. The van der Waals surface area contributed by atoms with Crippen molar-refractivity contribution in [2.75, 3.05) is 47.5 Å². The summed E-state index contributed by atoms with van der Waals surface area (Å²) in [4.78, 5) is 37.0. The zero-order chi connectivity index (χ0) is 76.2. The van der Waals surface area contributed by atoms with E-state index < -0.39 is 167 Å². The van der Waals surface area contributed by atoms with Gasteiger partial charge in [-0.15, -0.1) is 0 Å². The van der Waals surface area contributed by atoms with Crippen LogP contribution in [-0.2, 0) is 32.7 Å². The van der Waals surface area contributed by atoms with Crippen LogP contribution in [0.15, 0.2) is 0 Å². The number of carbonyl (C=O) groups excluding carboxylic acids is 2. The van der Waals surface area contributed by atoms with Crippen LogP contribution >= 0.6 is 7.82 Å². The van der Waals surface area contributed by atoms with Crippen LogP contribution in [0.1, 0.15) is 285 Å². The van der Waals surface area contributed by atoms with Crippen LogP contribution in [-0.4, -0.2) is 74.9 Å². The van der Waals surface area contributed by atoms with Crippen LogP contribution in [0, 0.1) is 0 Å². The molecule has 0 heterocycles. The van der Waals surface area contributed by atoms with Gasteiger partial charge in [0.15, 0.2) is 6.10 Å². The molecule has 10 heteroatoms. The van der Waals surface area contributed by atoms with E-state index in [9.17, 15) is 19.0 Å². The Hall–Kier alpha value is -0.990. The number of carbonyl (C=O) groups is 2. The smallest absolute Gasteiger partial charge is 0.462 e. The van der Waals surface area contributed by atoms with Crippen LogP contribution in [0.5, 0.6) is 0 Å². The zero-order valence-electron chi connectivity index (χ0n) is 72.4. The number of likely N-dealkylation sites (N-methyl/N-ethyl adjacent to an activating group) is 1. The van der Waals surface area contributed by atoms with E-state index in [-0.39, 0.29) is 23.9 Å². The largest absolute Gasteiger partial charge is 0.472 e. The number of ether oxygens (including phenoxy) is 2. The minimum atomic E-state index is -5.45. The highest BCUT2D eigenvalue weighted by Gasteiger charge is 2.27. The fourth-order valence-electron chi connectivity index (χ4n) is 4.39. The van der Waals surface area contributed by atoms with Crippen molar-refractivity contribution in [2.45, 2.75) is 237 Å². The topological polar surface area (TPSA) is 108 Å². The highest BCUT2D eigenvalue weighted by molar-refractivity contribution is 7.47. The number of hydrogen-bond donors (Lipinski definition) is 1. The van der Waals surface area contributed by atoms with Gasteiger partial charge in [0, 0.05) is 66.3 Å². The Morgan fingerprint density at radius 2 is 1.04 bits per heavy atom. The molecule has 0 bridgehead atoms. The molecule has 0 saturated heterocycles. The first-order valence-electron chi connectivity index (χ1n) is 38.5. The maximum atomic E-state index is 13.8. The second-order valence-corrected chi connectivity index (χ2v) is 14.7. The van der Waals surface area contributed by atoms with E-state index in [1.807, 2.05) is 0 Å². The van der Waals surface area contributed by atoms with Gasteiger partial charge in [-0.05, 0) is 12.8 Å². The first-order valence-corrected chi connectivity index (χ1v) is 20.4. The normalized spacial score (nSPS) is 28.6. The van der Waals surface area contributed by atoms with E-state index >= 15 is 0 Å². The van der Waals surface area contributed by atoms with Crippen molar-refractivity contribution in [1.82, 2.24) is 0 Å². The van der Waals surface area contributed by atoms with Crippen molar-refractivity contribution in [2.24, 2.45) is 0 Å². The molecular formula is C46H93NO8P+. The van der Waals surface area contributed by atoms with Gasteiger partial charge in [-0.25, -0.2) is 4.57 Å². The third kappa shape index (κ3) is 42.6. The number of phosphoric acid groups is 1. The third-order valence-electron chi connectivity index (χ3n) is 7.29. The second-order valence-electron chi connectivity index (χ2n) is 13.3. The first kappa shape index (κ1) is 18.5. The molecule has 0 rings (SSSR count). The van der Waals surface area contributed by atoms with Gasteiger partial charge < -0.3 is 18.9 Å². The van der Waals surface area contributed by atoms with Crippen LogP contribution in [0.2, 0.25) is 0 Å². The van der Waals surface area contributed by atoms with Gasteiger partial charge in [-0.2, -0.15) is 0 Å². The molecule has 0 spiro atoms. The summed E-state index contributed by atoms with van der Waals surface area (Å²) in [7, 11) is -0.117. The lowest BCUT2D eigenvalue weighted by atomic mass is 10.0. The first-order chi connectivity index (χ1) is 41.7. The van der Waals surface area contributed by atoms with E-state index in [1.54, 1.807) is 21.1 Å². The molecule has 56 heavy (non-hydrogen) atoms. The Morgan fingerprint density at radius 3 is 1.48 bits per heavy atom. The van der Waals surface area contributed by atoms with Crippen molar-refractivity contribution in [3.8, 4) is 0 Å². The molecule has 0 aromatic heterocycles. The maximum Gasteiger partial charge on any atom is 0.472 e. The summed E-state index contributed by atoms with van der Waals surface area (Å²) in [6.07, 6.45) is -80.8. The molecular weight excluding hydrogens is 725 g/mol. The third-order valence-corrected chi connectivity index (χ3v) is 8.28. The summed E-state index contributed by atoms with van der Waals surface area (Å²) in [5.41, 5.74) is 0. The molecule has 0 amide bonds. The van der Waals surface area contributed by atoms with Gasteiger partial charge in [-0.1, -0.05) is 206 Å². The van der Waals surface area contributed by atoms with Crippen molar-refractivity contribution in [3.63, 3.8) is 0 Å². The summed E-state index contributed by atoms with van der Waals surface area (Å²) in [5, 5.41) is 0. The molecule has 1 N–H and O–H groups in total. The van der Waals surface area contributed by atoms with Crippen LogP contribution in [0.3, 0.4) is 0 Å². The predicted octanol–water partition coefficient (Wildman–Crippen LogP) is 13.6. The average Bonchev–Trinajstić information content (AvgIpc) is 0.683. The van der Waals surface area contributed by atoms with Crippen molar-refractivity contribution in [3.05, 3.63) is 0 Å². The van der Waals surface area contributed by atoms with Gasteiger partial charge in [0.2, 0.25) is 0 Å². The number of nitrogens with zero attached hydrogens (tertiary/aromatic N) is 1. The Labute approximate surface area is 401 Å². The molecule has 0 aromatic rings. The Balaban J connectivity index is 7.27. The summed E-state index contributed by atoms with van der Waals surface area (Å²) in [6.45, 7) is -4.90. The summed E-state index contributed by atoms with van der Waals surface area (Å²) in [5.74, 6) is -3.57. The van der Waals surface area contributed by atoms with Gasteiger partial charge in [-0.3, -0.25) is 18.6 Å². The van der Waals surface area contributed by atoms with Gasteiger partial charge in [0.1, 0.15) is 19.8 Å². The number of quaternary nitrogens is 1. The number of phosphoric ester groups is 1. The fourth-order valence-corrected chi connectivity index (χ4v) is 5.13. The van der Waals surface area contributed by atoms with Gasteiger partial charge >= 0.3 is 19.8 Å². The Morgan fingerprint density at radius 1 is 0.607 bits per heavy atom. The number of hydrogen-bond acceptors (Lipinski definition) is 7. The molecule has 9 nitrogen and oxygen atoms in total. The van der Waals surface area contributed by atoms with Crippen LogP contribution in [0.4, 0.5) is 0 Å². The standard InChI is InChI=1S/C46H92NO8P/c1-6-8-10-12-14-16-18-20-22-23-25-27-29-31-33-35-37-39-46(49)55-44(43-54-56(50,51)53-41-40-47(3,4)5)42-52-45(48)38-36-34-32-30-28-26-24-21-19-17-15-13-11-9-7-2/h44H,6-43H2,1-5H3/p+1/t44-/m1/s1/i1D3,6D2,8D2,10D2,12D2,14D2,16D2,18D2,20D2,22D2,23D2,25D2,27D2,29D2,31D2,33D2,35D2,37D2,39D2. The number of esters is 2. The van der Waals surface area contributed by atoms with E-state index in [0.29, 0.717) is 6.42 Å². The lowest BCUT2D eigenvalue weighted by Gasteiger charge is -2.24. The Kier molecular flexibility index (Phi) is 13.1. The lowest BCUT2D eigenvalue weighted by molar-refractivity contribution is -0.870. The van der Waals surface area contributed by atoms with E-state index in [0.717, 1.165) is 44.9 Å². The van der Waals surface area contributed by atoms with Gasteiger partial charge in [0.25, 0.3) is 0 Å². The summed E-state index contributed by atoms with van der Waals surface area (Å²) >= 11 is 0. The van der Waals surface area contributed by atoms with E-state index in [2.05, 4.69) is 6.92 Å². The molecule has 0 aliphatic carbocycles. The van der Waals surface area contributed by atoms with Gasteiger partial charge in [0.05, 0.1) is 27.7 Å². The molecule has 0 fully saturated rings. The molecule has 0 aliphatic heterocycles. The molecule has 0 saturated carbocycles. The molecule has 0 radical (unpaired) electrons. The second kappa shape index (κ2) is 39.5. The quantitative estimate of drug-likeness (QED) is 0.0279. The molecule has 0 aliphatic rings. The van der Waals surface area contributed by atoms with E-state index in [4.69, 9.17) is 72.0 Å². The van der Waals surface area contributed by atoms with E-state index in [1.165, 1.54) is 38.5 Å². The predicted molar refractivity (Wildman–Crippen MR) is 234 cm³/mol. The van der Waals surface area contributed by atoms with Crippen LogP contribution < -0.4 is 0 Å². The lowest BCUT2D eigenvalue weighted by Crippen LogP contribution is -2.37. The summed E-state index contributed by atoms with van der Waals surface area (Å²) < 4.78 is 357. The van der Waals surface area contributed by atoms with Crippen molar-refractivity contribution in [1.29, 1.82) is 0 Å². The minimum Gasteiger partial charge on any atom is -0.462 e. The maximum absolute atomic E-state index is 13.8. The Bertz CT molecular complexity index is 2540. The SMILES string of the molecule is [2H]C([2H])([2H])C([2H])([2H])C([2H])([2H])C([2H])([2H])C([2H])([2H])C([2H])([2H])C([2H])([2H])C([2H])([2H])C([2H])([2H])C([2H])([2H])C([2H])([2H])C([2H])([2H])C([2H])([2H])C([2H])([2H])C([2H])([2H])C([2H])([2H])C([2H])([2H])C([2H])([2H])C([2H])([2H])C(=O)O[C@H](COC(=O)CCCCCCCCCCCCCCCCC)COP(=O)(O)OCC[N+](C)(C)C. The monoisotopic (exact) mass is 858 g/mol. The number of rotatable bonds is 44. The zero-order valence-corrected chi connectivity index (χ0v) is 34.3. The number of unbranched alkanes of at least 4 members (excludes halogenated alkanes) is 14. The van der Waals surface area contributed by atoms with Crippen molar-refractivity contribution < 1.29 is 95.5 Å². The highest BCUT2D eigenvalue weighted by Crippen LogP contribution is 2.43. The molecule has 1 unspecified atom stereocenters. The molecule has 0 aromatic carbocycles. The average molecular weight is 858 g/mol. The molecule has 2 atom stereocenters. The van der Waals surface area contributed by atoms with Crippen LogP contribution in [0.25, 0.3) is 0 Å². The molecule has 334 valence electrons. The fraction of sp³-hybridized carbons (Fsp3) is 0.957.